The molecule has 1 aliphatic rings. The van der Waals surface area contributed by atoms with Crippen LogP contribution in [0.1, 0.15) is 47.0 Å². The molecular formula is C24H26N2O. The van der Waals surface area contributed by atoms with Crippen molar-refractivity contribution in [3.8, 4) is 5.75 Å². The number of pyridine rings is 1. The van der Waals surface area contributed by atoms with Gasteiger partial charge in [-0.05, 0) is 61.7 Å². The van der Waals surface area contributed by atoms with E-state index in [4.69, 9.17) is 4.98 Å². The van der Waals surface area contributed by atoms with E-state index in [0.29, 0.717) is 11.8 Å². The molecular weight excluding hydrogens is 332 g/mol. The first kappa shape index (κ1) is 17.7. The smallest absolute Gasteiger partial charge is 0.115 e. The monoisotopic (exact) mass is 358 g/mol. The molecule has 1 atom stereocenters. The molecule has 0 unspecified atom stereocenters. The number of phenolic OH excluding ortho intramolecular Hbond substituents is 1. The van der Waals surface area contributed by atoms with Crippen molar-refractivity contribution in [1.29, 1.82) is 0 Å². The summed E-state index contributed by atoms with van der Waals surface area (Å²) in [4.78, 5) is 7.50. The molecule has 1 N–H and O–H groups in total. The first-order valence-corrected chi connectivity index (χ1v) is 9.71. The first-order valence-electron chi connectivity index (χ1n) is 9.71. The summed E-state index contributed by atoms with van der Waals surface area (Å²) in [5.41, 5.74) is 6.13. The van der Waals surface area contributed by atoms with Gasteiger partial charge in [-0.3, -0.25) is 9.88 Å². The van der Waals surface area contributed by atoms with Crippen LogP contribution in [0.2, 0.25) is 0 Å². The summed E-state index contributed by atoms with van der Waals surface area (Å²) in [5, 5.41) is 9.49. The molecule has 0 bridgehead atoms. The van der Waals surface area contributed by atoms with Gasteiger partial charge in [-0.1, -0.05) is 48.0 Å². The fourth-order valence-electron chi connectivity index (χ4n) is 3.88. The van der Waals surface area contributed by atoms with Gasteiger partial charge in [0.05, 0.1) is 11.7 Å². The predicted octanol–water partition coefficient (Wildman–Crippen LogP) is 5.02. The van der Waals surface area contributed by atoms with Crippen LogP contribution in [-0.4, -0.2) is 21.5 Å². The Morgan fingerprint density at radius 3 is 2.48 bits per heavy atom. The third-order valence-corrected chi connectivity index (χ3v) is 5.36. The zero-order valence-corrected chi connectivity index (χ0v) is 15.8. The normalized spacial score (nSPS) is 17.3. The molecule has 27 heavy (non-hydrogen) atoms. The molecule has 0 radical (unpaired) electrons. The van der Waals surface area contributed by atoms with E-state index in [2.05, 4.69) is 54.3 Å². The third-order valence-electron chi connectivity index (χ3n) is 5.36. The van der Waals surface area contributed by atoms with Crippen LogP contribution in [0.4, 0.5) is 0 Å². The highest BCUT2D eigenvalue weighted by atomic mass is 16.3. The molecule has 3 aromatic rings. The zero-order chi connectivity index (χ0) is 18.6. The summed E-state index contributed by atoms with van der Waals surface area (Å²) in [6.45, 7) is 4.11. The zero-order valence-electron chi connectivity index (χ0n) is 15.8. The van der Waals surface area contributed by atoms with E-state index in [1.807, 2.05) is 12.1 Å². The van der Waals surface area contributed by atoms with Gasteiger partial charge in [-0.25, -0.2) is 0 Å². The molecule has 1 aliphatic heterocycles. The van der Waals surface area contributed by atoms with Crippen molar-refractivity contribution < 1.29 is 5.11 Å². The van der Waals surface area contributed by atoms with Gasteiger partial charge in [0.2, 0.25) is 0 Å². The maximum atomic E-state index is 9.49. The molecule has 3 heteroatoms. The second-order valence-corrected chi connectivity index (χ2v) is 7.51. The number of benzene rings is 2. The van der Waals surface area contributed by atoms with Crippen LogP contribution in [0.5, 0.6) is 5.75 Å². The van der Waals surface area contributed by atoms with Gasteiger partial charge in [0.15, 0.2) is 0 Å². The van der Waals surface area contributed by atoms with Gasteiger partial charge < -0.3 is 5.11 Å². The Morgan fingerprint density at radius 1 is 0.963 bits per heavy atom. The number of aromatic nitrogens is 1. The summed E-state index contributed by atoms with van der Waals surface area (Å²) < 4.78 is 0. The molecule has 2 heterocycles. The van der Waals surface area contributed by atoms with Crippen LogP contribution in [0.3, 0.4) is 0 Å². The van der Waals surface area contributed by atoms with Gasteiger partial charge in [-0.15, -0.1) is 0 Å². The molecule has 1 aromatic heterocycles. The number of phenols is 1. The van der Waals surface area contributed by atoms with E-state index < -0.39 is 0 Å². The lowest BCUT2D eigenvalue weighted by Gasteiger charge is -2.24. The van der Waals surface area contributed by atoms with Gasteiger partial charge in [0, 0.05) is 18.7 Å². The maximum absolute atomic E-state index is 9.49. The molecule has 0 spiro atoms. The Bertz CT molecular complexity index is 887. The fraction of sp³-hybridized carbons (Fsp3) is 0.292. The minimum absolute atomic E-state index is 0.321. The summed E-state index contributed by atoms with van der Waals surface area (Å²) in [6, 6.07) is 23.1. The molecule has 1 fully saturated rings. The van der Waals surface area contributed by atoms with Crippen LogP contribution in [0, 0.1) is 6.92 Å². The van der Waals surface area contributed by atoms with Crippen molar-refractivity contribution in [2.24, 2.45) is 0 Å². The Morgan fingerprint density at radius 2 is 1.70 bits per heavy atom. The number of likely N-dealkylation sites (tertiary alicyclic amines) is 1. The fourth-order valence-corrected chi connectivity index (χ4v) is 3.88. The van der Waals surface area contributed by atoms with Crippen molar-refractivity contribution in [2.45, 2.75) is 38.8 Å². The lowest BCUT2D eigenvalue weighted by Crippen LogP contribution is -2.23. The lowest BCUT2D eigenvalue weighted by molar-refractivity contribution is 0.244. The summed E-state index contributed by atoms with van der Waals surface area (Å²) in [5.74, 6) is 0.321. The van der Waals surface area contributed by atoms with Crippen LogP contribution in [0.15, 0.2) is 66.7 Å². The number of hydrogen-bond donors (Lipinski definition) is 1. The number of aryl methyl sites for hydroxylation is 1. The molecule has 4 rings (SSSR count). The first-order chi connectivity index (χ1) is 13.2. The molecule has 0 saturated carbocycles. The quantitative estimate of drug-likeness (QED) is 0.695. The van der Waals surface area contributed by atoms with Crippen LogP contribution in [0.25, 0.3) is 0 Å². The minimum Gasteiger partial charge on any atom is -0.508 e. The summed E-state index contributed by atoms with van der Waals surface area (Å²) in [6.07, 6.45) is 3.23. The van der Waals surface area contributed by atoms with E-state index in [0.717, 1.165) is 31.6 Å². The number of hydrogen-bond acceptors (Lipinski definition) is 3. The minimum atomic E-state index is 0.321. The average molecular weight is 358 g/mol. The van der Waals surface area contributed by atoms with Gasteiger partial charge >= 0.3 is 0 Å². The van der Waals surface area contributed by atoms with Crippen LogP contribution in [-0.2, 0) is 13.0 Å². The van der Waals surface area contributed by atoms with Crippen molar-refractivity contribution in [3.63, 3.8) is 0 Å². The topological polar surface area (TPSA) is 36.4 Å². The summed E-state index contributed by atoms with van der Waals surface area (Å²) >= 11 is 0. The molecule has 0 amide bonds. The molecule has 0 aliphatic carbocycles. The lowest BCUT2D eigenvalue weighted by atomic mass is 10.1. The molecule has 2 aromatic carbocycles. The standard InChI is InChI=1S/C24H26N2O/c1-18-7-9-19(10-8-18)16-21-4-2-5-23(25-21)24-6-3-15-26(24)17-20-11-13-22(27)14-12-20/h2,4-5,7-14,24,27H,3,6,15-17H2,1H3/t24-/m1/s1. The van der Waals surface area contributed by atoms with Crippen LogP contribution >= 0.6 is 0 Å². The van der Waals surface area contributed by atoms with Gasteiger partial charge in [-0.2, -0.15) is 0 Å². The van der Waals surface area contributed by atoms with E-state index in [1.54, 1.807) is 12.1 Å². The molecule has 1 saturated heterocycles. The van der Waals surface area contributed by atoms with Gasteiger partial charge in [0.25, 0.3) is 0 Å². The highest BCUT2D eigenvalue weighted by Gasteiger charge is 2.27. The largest absolute Gasteiger partial charge is 0.508 e. The van der Waals surface area contributed by atoms with Crippen molar-refractivity contribution >= 4 is 0 Å². The Labute approximate surface area is 161 Å². The van der Waals surface area contributed by atoms with Crippen molar-refractivity contribution in [1.82, 2.24) is 9.88 Å². The Kier molecular flexibility index (Phi) is 5.21. The second kappa shape index (κ2) is 7.93. The predicted molar refractivity (Wildman–Crippen MR) is 109 cm³/mol. The number of rotatable bonds is 5. The third kappa shape index (κ3) is 4.37. The van der Waals surface area contributed by atoms with Crippen molar-refractivity contribution in [3.05, 3.63) is 94.8 Å². The Hall–Kier alpha value is -2.65. The number of aromatic hydroxyl groups is 1. The van der Waals surface area contributed by atoms with Crippen LogP contribution < -0.4 is 0 Å². The molecule has 138 valence electrons. The molecule has 3 nitrogen and oxygen atoms in total. The van der Waals surface area contributed by atoms with Crippen molar-refractivity contribution in [2.75, 3.05) is 6.54 Å². The Balaban J connectivity index is 1.49. The van der Waals surface area contributed by atoms with E-state index in [9.17, 15) is 5.11 Å². The van der Waals surface area contributed by atoms with Gasteiger partial charge in [0.1, 0.15) is 5.75 Å². The van der Waals surface area contributed by atoms with E-state index >= 15 is 0 Å². The second-order valence-electron chi connectivity index (χ2n) is 7.51. The SMILES string of the molecule is Cc1ccc(Cc2cccc([C@H]3CCCN3Cc3ccc(O)cc3)n2)cc1. The van der Waals surface area contributed by atoms with E-state index in [-0.39, 0.29) is 0 Å². The summed E-state index contributed by atoms with van der Waals surface area (Å²) in [7, 11) is 0. The van der Waals surface area contributed by atoms with E-state index in [1.165, 1.54) is 28.8 Å². The highest BCUT2D eigenvalue weighted by molar-refractivity contribution is 5.28. The maximum Gasteiger partial charge on any atom is 0.115 e. The highest BCUT2D eigenvalue weighted by Crippen LogP contribution is 2.32. The number of nitrogens with zero attached hydrogens (tertiary/aromatic N) is 2. The average Bonchev–Trinajstić information content (AvgIpc) is 3.14.